The first kappa shape index (κ1) is 27.4. The molecule has 6 nitrogen and oxygen atoms in total. The van der Waals surface area contributed by atoms with Crippen LogP contribution in [0.15, 0.2) is 0 Å². The Bertz CT molecular complexity index is 645. The summed E-state index contributed by atoms with van der Waals surface area (Å²) in [6.07, 6.45) is 14.7. The Morgan fingerprint density at radius 2 is 1.12 bits per heavy atom. The van der Waals surface area contributed by atoms with Crippen molar-refractivity contribution < 1.29 is 14.4 Å². The van der Waals surface area contributed by atoms with Crippen LogP contribution >= 0.6 is 11.6 Å². The van der Waals surface area contributed by atoms with Crippen molar-refractivity contribution in [2.24, 2.45) is 35.3 Å². The van der Waals surface area contributed by atoms with E-state index >= 15 is 0 Å². The van der Waals surface area contributed by atoms with Crippen molar-refractivity contribution in [3.8, 4) is 0 Å². The molecule has 7 heteroatoms. The van der Waals surface area contributed by atoms with Gasteiger partial charge < -0.3 is 15.5 Å². The number of nitrogens with two attached hydrogens (primary N) is 1. The maximum atomic E-state index is 11.5. The number of halogens is 1. The van der Waals surface area contributed by atoms with Crippen molar-refractivity contribution in [1.29, 1.82) is 0 Å². The summed E-state index contributed by atoms with van der Waals surface area (Å²) >= 11 is 5.04. The second-order valence-corrected chi connectivity index (χ2v) is 11.9. The topological polar surface area (TPSA) is 83.7 Å². The van der Waals surface area contributed by atoms with Gasteiger partial charge >= 0.3 is 0 Å². The van der Waals surface area contributed by atoms with Crippen LogP contribution in [-0.4, -0.2) is 59.1 Å². The Balaban J connectivity index is 0.000000132. The number of hydrogen-bond donors (Lipinski definition) is 1. The predicted molar refractivity (Wildman–Crippen MR) is 136 cm³/mol. The third kappa shape index (κ3) is 9.85. The van der Waals surface area contributed by atoms with E-state index in [9.17, 15) is 14.4 Å². The molecule has 6 fully saturated rings. The van der Waals surface area contributed by atoms with E-state index in [1.807, 2.05) is 9.80 Å². The van der Waals surface area contributed by atoms with E-state index in [1.54, 1.807) is 0 Å². The lowest BCUT2D eigenvalue weighted by molar-refractivity contribution is -0.132. The smallest absolute Gasteiger partial charge is 0.225 e. The number of hydrogen-bond acceptors (Lipinski definition) is 4. The first-order valence-electron chi connectivity index (χ1n) is 13.8. The van der Waals surface area contributed by atoms with Crippen LogP contribution in [0.25, 0.3) is 0 Å². The molecule has 0 unspecified atom stereocenters. The minimum Gasteiger partial charge on any atom is -0.342 e. The Hall–Kier alpha value is -1.14. The number of carbonyl (C=O) groups excluding carboxylic acids is 3. The molecule has 2 N–H and O–H groups in total. The molecule has 34 heavy (non-hydrogen) atoms. The SMILES string of the molecule is CC1CCCC1.C[C@H]1CCN(C(=O)C2CC2)C1.N[C@H]1CCN(C(=O)C2CC2)C1.O=C(Cl)C1CC1. The highest BCUT2D eigenvalue weighted by molar-refractivity contribution is 6.64. The van der Waals surface area contributed by atoms with Crippen LogP contribution in [0.2, 0.25) is 0 Å². The second kappa shape index (κ2) is 13.2. The molecular weight excluding hydrogens is 450 g/mol. The summed E-state index contributed by atoms with van der Waals surface area (Å²) in [6, 6.07) is 0.234. The molecule has 0 aromatic carbocycles. The molecule has 4 aliphatic carbocycles. The summed E-state index contributed by atoms with van der Waals surface area (Å²) < 4.78 is 0. The van der Waals surface area contributed by atoms with Gasteiger partial charge in [0, 0.05) is 50.0 Å². The molecule has 0 bridgehead atoms. The van der Waals surface area contributed by atoms with Crippen molar-refractivity contribution in [3.63, 3.8) is 0 Å². The number of amides is 2. The molecule has 194 valence electrons. The fourth-order valence-electron chi connectivity index (χ4n) is 4.74. The summed E-state index contributed by atoms with van der Waals surface area (Å²) in [5.74, 6) is 3.56. The molecule has 6 rings (SSSR count). The van der Waals surface area contributed by atoms with Gasteiger partial charge in [0.2, 0.25) is 17.1 Å². The Morgan fingerprint density at radius 1 is 0.647 bits per heavy atom. The number of carbonyl (C=O) groups is 3. The summed E-state index contributed by atoms with van der Waals surface area (Å²) in [7, 11) is 0. The van der Waals surface area contributed by atoms with Crippen molar-refractivity contribution >= 4 is 28.7 Å². The first-order chi connectivity index (χ1) is 16.2. The number of nitrogens with zero attached hydrogens (tertiary/aromatic N) is 2. The van der Waals surface area contributed by atoms with Gasteiger partial charge in [-0.3, -0.25) is 14.4 Å². The van der Waals surface area contributed by atoms with E-state index in [0.717, 1.165) is 83.0 Å². The van der Waals surface area contributed by atoms with Gasteiger partial charge in [0.1, 0.15) is 0 Å². The molecule has 4 saturated carbocycles. The van der Waals surface area contributed by atoms with Gasteiger partial charge in [0.15, 0.2) is 0 Å². The molecule has 2 atom stereocenters. The molecule has 2 aliphatic heterocycles. The Labute approximate surface area is 211 Å². The molecule has 0 radical (unpaired) electrons. The molecular formula is C27H46ClN3O3. The molecule has 0 aromatic heterocycles. The van der Waals surface area contributed by atoms with Crippen molar-refractivity contribution in [3.05, 3.63) is 0 Å². The third-order valence-corrected chi connectivity index (χ3v) is 7.98. The predicted octanol–water partition coefficient (Wildman–Crippen LogP) is 4.58. The molecule has 0 spiro atoms. The van der Waals surface area contributed by atoms with E-state index < -0.39 is 0 Å². The van der Waals surface area contributed by atoms with Crippen LogP contribution in [0.3, 0.4) is 0 Å². The van der Waals surface area contributed by atoms with E-state index in [0.29, 0.717) is 23.7 Å². The van der Waals surface area contributed by atoms with E-state index in [4.69, 9.17) is 17.3 Å². The highest BCUT2D eigenvalue weighted by Gasteiger charge is 2.36. The normalized spacial score (nSPS) is 28.2. The molecule has 2 saturated heterocycles. The molecule has 2 heterocycles. The lowest BCUT2D eigenvalue weighted by Crippen LogP contribution is -2.32. The van der Waals surface area contributed by atoms with Gasteiger partial charge in [-0.1, -0.05) is 39.5 Å². The highest BCUT2D eigenvalue weighted by Crippen LogP contribution is 2.33. The molecule has 0 aromatic rings. The van der Waals surface area contributed by atoms with Crippen LogP contribution in [0, 0.1) is 29.6 Å². The zero-order chi connectivity index (χ0) is 24.7. The van der Waals surface area contributed by atoms with E-state index in [1.165, 1.54) is 32.1 Å². The van der Waals surface area contributed by atoms with Gasteiger partial charge in [-0.05, 0) is 74.8 Å². The van der Waals surface area contributed by atoms with Crippen LogP contribution in [-0.2, 0) is 14.4 Å². The van der Waals surface area contributed by atoms with Gasteiger partial charge in [-0.15, -0.1) is 0 Å². The fourth-order valence-corrected chi connectivity index (χ4v) is 4.96. The lowest BCUT2D eigenvalue weighted by Gasteiger charge is -2.14. The second-order valence-electron chi connectivity index (χ2n) is 11.5. The number of likely N-dealkylation sites (tertiary alicyclic amines) is 2. The largest absolute Gasteiger partial charge is 0.342 e. The van der Waals surface area contributed by atoms with E-state index in [-0.39, 0.29) is 17.2 Å². The summed E-state index contributed by atoms with van der Waals surface area (Å²) in [5, 5.41) is -0.157. The standard InChI is InChI=1S/C9H15NO.C8H14N2O.C6H12.C4H5ClO/c1-7-4-5-10(6-7)9(11)8-2-3-8;9-7-3-4-10(5-7)8(11)6-1-2-6;1-6-4-2-3-5-6;5-4(6)3-1-2-3/h7-8H,2-6H2,1H3;6-7H,1-5,9H2;6H,2-5H2,1H3;3H,1-2H2/t2*7-;;/m00../s1. The first-order valence-corrected chi connectivity index (χ1v) is 14.1. The maximum Gasteiger partial charge on any atom is 0.225 e. The van der Waals surface area contributed by atoms with Gasteiger partial charge in [0.05, 0.1) is 0 Å². The van der Waals surface area contributed by atoms with Crippen LogP contribution in [0.1, 0.15) is 90.9 Å². The van der Waals surface area contributed by atoms with Crippen LogP contribution < -0.4 is 5.73 Å². The monoisotopic (exact) mass is 495 g/mol. The average molecular weight is 496 g/mol. The zero-order valence-corrected chi connectivity index (χ0v) is 22.1. The zero-order valence-electron chi connectivity index (χ0n) is 21.4. The summed E-state index contributed by atoms with van der Waals surface area (Å²) in [4.78, 5) is 36.8. The number of rotatable bonds is 3. The minimum atomic E-state index is -0.157. The summed E-state index contributed by atoms with van der Waals surface area (Å²) in [6.45, 7) is 8.25. The van der Waals surface area contributed by atoms with Crippen LogP contribution in [0.5, 0.6) is 0 Å². The van der Waals surface area contributed by atoms with E-state index in [2.05, 4.69) is 13.8 Å². The molecule has 6 aliphatic rings. The fraction of sp³-hybridized carbons (Fsp3) is 0.889. The Morgan fingerprint density at radius 3 is 1.38 bits per heavy atom. The lowest BCUT2D eigenvalue weighted by atomic mass is 10.2. The quantitative estimate of drug-likeness (QED) is 0.581. The maximum absolute atomic E-state index is 11.5. The Kier molecular flexibility index (Phi) is 10.7. The van der Waals surface area contributed by atoms with Crippen molar-refractivity contribution in [1.82, 2.24) is 9.80 Å². The average Bonchev–Trinajstić information content (AvgIpc) is 3.73. The highest BCUT2D eigenvalue weighted by atomic mass is 35.5. The van der Waals surface area contributed by atoms with Gasteiger partial charge in [-0.25, -0.2) is 0 Å². The molecule has 2 amide bonds. The van der Waals surface area contributed by atoms with Gasteiger partial charge in [-0.2, -0.15) is 0 Å². The van der Waals surface area contributed by atoms with Gasteiger partial charge in [0.25, 0.3) is 0 Å². The van der Waals surface area contributed by atoms with Crippen LogP contribution in [0.4, 0.5) is 0 Å². The third-order valence-electron chi connectivity index (χ3n) is 7.67. The van der Waals surface area contributed by atoms with Crippen molar-refractivity contribution in [2.75, 3.05) is 26.2 Å². The van der Waals surface area contributed by atoms with Crippen molar-refractivity contribution in [2.45, 2.75) is 96.9 Å². The minimum absolute atomic E-state index is 0.157. The summed E-state index contributed by atoms with van der Waals surface area (Å²) in [5.41, 5.74) is 5.69.